The van der Waals surface area contributed by atoms with Gasteiger partial charge in [0.2, 0.25) is 5.91 Å². The van der Waals surface area contributed by atoms with E-state index in [0.29, 0.717) is 6.04 Å². The van der Waals surface area contributed by atoms with Crippen molar-refractivity contribution >= 4 is 17.6 Å². The van der Waals surface area contributed by atoms with Gasteiger partial charge in [0.15, 0.2) is 5.96 Å². The minimum atomic E-state index is 0.0601. The first-order valence-electron chi connectivity index (χ1n) is 10.3. The average molecular weight is 388 g/mol. The second-order valence-electron chi connectivity index (χ2n) is 7.48. The third-order valence-corrected chi connectivity index (χ3v) is 5.61. The third-order valence-electron chi connectivity index (χ3n) is 5.61. The first-order valence-corrected chi connectivity index (χ1v) is 10.3. The van der Waals surface area contributed by atoms with Crippen molar-refractivity contribution in [2.24, 2.45) is 4.99 Å². The molecule has 7 heteroatoms. The minimum absolute atomic E-state index is 0.0601. The maximum absolute atomic E-state index is 12.2. The molecule has 1 aliphatic carbocycles. The van der Waals surface area contributed by atoms with Crippen LogP contribution in [0.5, 0.6) is 5.75 Å². The Kier molecular flexibility index (Phi) is 7.39. The van der Waals surface area contributed by atoms with Gasteiger partial charge in [0.1, 0.15) is 5.75 Å². The molecule has 154 valence electrons. The first-order chi connectivity index (χ1) is 13.7. The Labute approximate surface area is 168 Å². The van der Waals surface area contributed by atoms with Crippen LogP contribution in [-0.4, -0.2) is 69.7 Å². The van der Waals surface area contributed by atoms with Crippen LogP contribution in [-0.2, 0) is 4.79 Å². The highest BCUT2D eigenvalue weighted by Crippen LogP contribution is 2.20. The van der Waals surface area contributed by atoms with Crippen molar-refractivity contribution < 1.29 is 9.53 Å². The number of hydrogen-bond donors (Lipinski definition) is 2. The van der Waals surface area contributed by atoms with E-state index < -0.39 is 0 Å². The maximum Gasteiger partial charge on any atom is 0.239 e. The summed E-state index contributed by atoms with van der Waals surface area (Å²) in [6.07, 6.45) is 5.94. The number of guanidine groups is 1. The summed E-state index contributed by atoms with van der Waals surface area (Å²) in [4.78, 5) is 21.2. The molecule has 7 nitrogen and oxygen atoms in total. The van der Waals surface area contributed by atoms with Gasteiger partial charge in [-0.25, -0.2) is 0 Å². The Morgan fingerprint density at radius 3 is 2.39 bits per heavy atom. The highest BCUT2D eigenvalue weighted by molar-refractivity contribution is 5.86. The summed E-state index contributed by atoms with van der Waals surface area (Å²) in [5, 5.41) is 6.37. The van der Waals surface area contributed by atoms with Gasteiger partial charge in [0, 0.05) is 45.0 Å². The Balaban J connectivity index is 1.43. The Hall–Kier alpha value is -2.44. The molecule has 1 aliphatic heterocycles. The number of hydrogen-bond acceptors (Lipinski definition) is 4. The lowest BCUT2D eigenvalue weighted by Crippen LogP contribution is -2.54. The van der Waals surface area contributed by atoms with Gasteiger partial charge in [-0.3, -0.25) is 9.79 Å². The van der Waals surface area contributed by atoms with Crippen molar-refractivity contribution in [2.45, 2.75) is 38.1 Å². The van der Waals surface area contributed by atoms with Crippen LogP contribution in [0.2, 0.25) is 0 Å². The zero-order valence-corrected chi connectivity index (χ0v) is 17.1. The number of rotatable bonds is 5. The lowest BCUT2D eigenvalue weighted by Gasteiger charge is -2.37. The zero-order valence-electron chi connectivity index (χ0n) is 17.1. The van der Waals surface area contributed by atoms with E-state index in [4.69, 9.17) is 4.74 Å². The molecule has 1 aromatic rings. The highest BCUT2D eigenvalue weighted by Gasteiger charge is 2.21. The van der Waals surface area contributed by atoms with E-state index >= 15 is 0 Å². The normalized spacial score (nSPS) is 18.7. The van der Waals surface area contributed by atoms with Crippen LogP contribution in [0.1, 0.15) is 32.1 Å². The number of piperazine rings is 1. The molecule has 2 aliphatic rings. The molecule has 2 fully saturated rings. The number of anilines is 1. The van der Waals surface area contributed by atoms with E-state index in [1.165, 1.54) is 24.9 Å². The van der Waals surface area contributed by atoms with E-state index in [-0.39, 0.29) is 12.5 Å². The molecule has 1 heterocycles. The molecular formula is C21H33N5O2. The van der Waals surface area contributed by atoms with Gasteiger partial charge in [-0.15, -0.1) is 0 Å². The Morgan fingerprint density at radius 1 is 1.11 bits per heavy atom. The van der Waals surface area contributed by atoms with E-state index in [2.05, 4.69) is 37.6 Å². The number of aliphatic imine (C=N–C) groups is 1. The Bertz CT molecular complexity index is 647. The molecular weight excluding hydrogens is 354 g/mol. The van der Waals surface area contributed by atoms with Crippen LogP contribution in [0.15, 0.2) is 29.3 Å². The number of benzene rings is 1. The molecule has 1 amide bonds. The monoisotopic (exact) mass is 387 g/mol. The fourth-order valence-electron chi connectivity index (χ4n) is 3.99. The molecule has 1 saturated carbocycles. The molecule has 2 N–H and O–H groups in total. The molecule has 0 aromatic heterocycles. The number of amides is 1. The van der Waals surface area contributed by atoms with Gasteiger partial charge in [0.05, 0.1) is 13.7 Å². The predicted octanol–water partition coefficient (Wildman–Crippen LogP) is 1.84. The molecule has 0 unspecified atom stereocenters. The van der Waals surface area contributed by atoms with Crippen molar-refractivity contribution in [3.05, 3.63) is 24.3 Å². The highest BCUT2D eigenvalue weighted by atomic mass is 16.5. The van der Waals surface area contributed by atoms with Gasteiger partial charge in [-0.1, -0.05) is 19.3 Å². The summed E-state index contributed by atoms with van der Waals surface area (Å²) >= 11 is 0. The molecule has 0 atom stereocenters. The summed E-state index contributed by atoms with van der Waals surface area (Å²) in [6, 6.07) is 8.52. The smallest absolute Gasteiger partial charge is 0.239 e. The van der Waals surface area contributed by atoms with E-state index in [0.717, 1.165) is 50.7 Å². The van der Waals surface area contributed by atoms with Gasteiger partial charge < -0.3 is 25.2 Å². The largest absolute Gasteiger partial charge is 0.497 e. The van der Waals surface area contributed by atoms with Gasteiger partial charge in [-0.2, -0.15) is 0 Å². The molecule has 0 bridgehead atoms. The van der Waals surface area contributed by atoms with Crippen molar-refractivity contribution in [3.8, 4) is 5.75 Å². The maximum atomic E-state index is 12.2. The summed E-state index contributed by atoms with van der Waals surface area (Å²) < 4.78 is 5.23. The fourth-order valence-corrected chi connectivity index (χ4v) is 3.99. The quantitative estimate of drug-likeness (QED) is 0.596. The molecule has 3 rings (SSSR count). The van der Waals surface area contributed by atoms with Gasteiger partial charge in [0.25, 0.3) is 0 Å². The summed E-state index contributed by atoms with van der Waals surface area (Å²) in [6.45, 7) is 3.86. The predicted molar refractivity (Wildman–Crippen MR) is 113 cm³/mol. The fraction of sp³-hybridized carbons (Fsp3) is 0.619. The van der Waals surface area contributed by atoms with E-state index in [1.807, 2.05) is 12.1 Å². The first kappa shape index (κ1) is 20.3. The topological polar surface area (TPSA) is 69.2 Å². The van der Waals surface area contributed by atoms with Crippen LogP contribution >= 0.6 is 0 Å². The second-order valence-corrected chi connectivity index (χ2v) is 7.48. The second kappa shape index (κ2) is 10.2. The molecule has 28 heavy (non-hydrogen) atoms. The van der Waals surface area contributed by atoms with Crippen molar-refractivity contribution in [2.75, 3.05) is 51.8 Å². The SMILES string of the molecule is CN=C(NCC(=O)NC1CCCCC1)N1CCN(c2ccc(OC)cc2)CC1. The number of carbonyl (C=O) groups is 1. The standard InChI is InChI=1S/C21H33N5O2/c1-22-21(23-16-20(27)24-17-6-4-3-5-7-17)26-14-12-25(13-15-26)18-8-10-19(28-2)11-9-18/h8-11,17H,3-7,12-16H2,1-2H3,(H,22,23)(H,24,27). The van der Waals surface area contributed by atoms with Gasteiger partial charge >= 0.3 is 0 Å². The van der Waals surface area contributed by atoms with Crippen LogP contribution in [0.3, 0.4) is 0 Å². The number of carbonyl (C=O) groups excluding carboxylic acids is 1. The molecule has 1 saturated heterocycles. The van der Waals surface area contributed by atoms with Crippen LogP contribution in [0.4, 0.5) is 5.69 Å². The number of methoxy groups -OCH3 is 1. The van der Waals surface area contributed by atoms with Crippen LogP contribution < -0.4 is 20.3 Å². The summed E-state index contributed by atoms with van der Waals surface area (Å²) in [7, 11) is 3.46. The third kappa shape index (κ3) is 5.53. The van der Waals surface area contributed by atoms with Crippen LogP contribution in [0.25, 0.3) is 0 Å². The number of nitrogens with one attached hydrogen (secondary N) is 2. The Morgan fingerprint density at radius 2 is 1.79 bits per heavy atom. The number of ether oxygens (including phenoxy) is 1. The van der Waals surface area contributed by atoms with E-state index in [9.17, 15) is 4.79 Å². The lowest BCUT2D eigenvalue weighted by molar-refractivity contribution is -0.120. The average Bonchev–Trinajstić information content (AvgIpc) is 2.75. The summed E-state index contributed by atoms with van der Waals surface area (Å²) in [5.41, 5.74) is 1.20. The molecule has 0 spiro atoms. The minimum Gasteiger partial charge on any atom is -0.497 e. The number of nitrogens with zero attached hydrogens (tertiary/aromatic N) is 3. The molecule has 0 radical (unpaired) electrons. The summed E-state index contributed by atoms with van der Waals surface area (Å²) in [5.74, 6) is 1.73. The van der Waals surface area contributed by atoms with Crippen molar-refractivity contribution in [1.29, 1.82) is 0 Å². The zero-order chi connectivity index (χ0) is 19.8. The van der Waals surface area contributed by atoms with Crippen molar-refractivity contribution in [3.63, 3.8) is 0 Å². The van der Waals surface area contributed by atoms with Gasteiger partial charge in [-0.05, 0) is 37.1 Å². The molecule has 1 aromatic carbocycles. The van der Waals surface area contributed by atoms with Crippen molar-refractivity contribution in [1.82, 2.24) is 15.5 Å². The lowest BCUT2D eigenvalue weighted by atomic mass is 9.95. The van der Waals surface area contributed by atoms with Crippen LogP contribution in [0, 0.1) is 0 Å². The van der Waals surface area contributed by atoms with E-state index in [1.54, 1.807) is 14.2 Å².